The van der Waals surface area contributed by atoms with E-state index in [1.807, 2.05) is 30.3 Å². The first-order valence-corrected chi connectivity index (χ1v) is 7.47. The van der Waals surface area contributed by atoms with Gasteiger partial charge < -0.3 is 10.5 Å². The maximum absolute atomic E-state index is 12.6. The number of guanidine groups is 1. The lowest BCUT2D eigenvalue weighted by Crippen LogP contribution is -2.40. The molecule has 2 aromatic rings. The first kappa shape index (κ1) is 15.4. The van der Waals surface area contributed by atoms with E-state index in [9.17, 15) is 4.79 Å². The van der Waals surface area contributed by atoms with Crippen molar-refractivity contribution >= 4 is 23.5 Å². The lowest BCUT2D eigenvalue weighted by atomic mass is 9.84. The number of nitrogens with two attached hydrogens (primary N) is 1. The molecule has 6 heteroatoms. The highest BCUT2D eigenvalue weighted by atomic mass is 35.5. The summed E-state index contributed by atoms with van der Waals surface area (Å²) in [7, 11) is 1.61. The predicted octanol–water partition coefficient (Wildman–Crippen LogP) is 2.23. The fraction of sp³-hybridized carbons (Fsp3) is 0.176. The van der Waals surface area contributed by atoms with Crippen LogP contribution in [0.3, 0.4) is 0 Å². The number of halogens is 1. The monoisotopic (exact) mass is 329 g/mol. The van der Waals surface area contributed by atoms with Crippen molar-refractivity contribution in [1.29, 1.82) is 0 Å². The zero-order valence-electron chi connectivity index (χ0n) is 12.5. The van der Waals surface area contributed by atoms with Crippen LogP contribution in [0.1, 0.15) is 11.1 Å². The molecule has 23 heavy (non-hydrogen) atoms. The van der Waals surface area contributed by atoms with Crippen LogP contribution in [0.25, 0.3) is 0 Å². The van der Waals surface area contributed by atoms with Crippen molar-refractivity contribution in [1.82, 2.24) is 5.32 Å². The number of methoxy groups -OCH3 is 1. The van der Waals surface area contributed by atoms with Crippen LogP contribution in [0.2, 0.25) is 5.02 Å². The minimum Gasteiger partial charge on any atom is -0.497 e. The number of benzene rings is 2. The molecule has 1 aliphatic rings. The summed E-state index contributed by atoms with van der Waals surface area (Å²) in [6.45, 7) is 0. The normalized spacial score (nSPS) is 20.1. The number of amides is 1. The smallest absolute Gasteiger partial charge is 0.259 e. The van der Waals surface area contributed by atoms with Gasteiger partial charge in [-0.15, -0.1) is 0 Å². The third-order valence-corrected chi connectivity index (χ3v) is 4.08. The number of rotatable bonds is 4. The Morgan fingerprint density at radius 2 is 2.00 bits per heavy atom. The highest BCUT2D eigenvalue weighted by molar-refractivity contribution is 6.30. The second-order valence-electron chi connectivity index (χ2n) is 5.35. The van der Waals surface area contributed by atoms with Gasteiger partial charge in [-0.2, -0.15) is 0 Å². The second-order valence-corrected chi connectivity index (χ2v) is 5.78. The highest BCUT2D eigenvalue weighted by Crippen LogP contribution is 2.34. The van der Waals surface area contributed by atoms with E-state index in [0.717, 1.165) is 11.3 Å². The van der Waals surface area contributed by atoms with E-state index >= 15 is 0 Å². The molecule has 0 unspecified atom stereocenters. The fourth-order valence-electron chi connectivity index (χ4n) is 2.71. The van der Waals surface area contributed by atoms with Crippen molar-refractivity contribution in [3.8, 4) is 5.75 Å². The molecule has 2 aromatic carbocycles. The van der Waals surface area contributed by atoms with Crippen molar-refractivity contribution < 1.29 is 9.53 Å². The summed E-state index contributed by atoms with van der Waals surface area (Å²) < 4.78 is 5.16. The summed E-state index contributed by atoms with van der Waals surface area (Å²) in [6.07, 6.45) is 0.379. The topological polar surface area (TPSA) is 76.7 Å². The van der Waals surface area contributed by atoms with Gasteiger partial charge in [-0.25, -0.2) is 4.99 Å². The third kappa shape index (κ3) is 2.87. The molecule has 1 aliphatic heterocycles. The van der Waals surface area contributed by atoms with Crippen molar-refractivity contribution in [3.63, 3.8) is 0 Å². The van der Waals surface area contributed by atoms with Gasteiger partial charge in [0.2, 0.25) is 0 Å². The van der Waals surface area contributed by atoms with Crippen LogP contribution in [0.5, 0.6) is 5.75 Å². The van der Waals surface area contributed by atoms with E-state index in [1.54, 1.807) is 25.3 Å². The maximum Gasteiger partial charge on any atom is 0.259 e. The lowest BCUT2D eigenvalue weighted by molar-refractivity contribution is -0.124. The lowest BCUT2D eigenvalue weighted by Gasteiger charge is -2.24. The molecule has 1 atom stereocenters. The Morgan fingerprint density at radius 3 is 2.57 bits per heavy atom. The molecule has 0 spiro atoms. The van der Waals surface area contributed by atoms with Gasteiger partial charge in [0.25, 0.3) is 5.91 Å². The Labute approximate surface area is 139 Å². The molecule has 3 N–H and O–H groups in total. The summed E-state index contributed by atoms with van der Waals surface area (Å²) in [4.78, 5) is 17.0. The number of carbonyl (C=O) groups excluding carboxylic acids is 1. The maximum atomic E-state index is 12.6. The van der Waals surface area contributed by atoms with E-state index < -0.39 is 5.54 Å². The summed E-state index contributed by atoms with van der Waals surface area (Å²) in [5.41, 5.74) is 6.28. The molecular formula is C17H16ClN3O2. The Morgan fingerprint density at radius 1 is 1.26 bits per heavy atom. The van der Waals surface area contributed by atoms with Crippen LogP contribution in [-0.2, 0) is 16.8 Å². The van der Waals surface area contributed by atoms with Gasteiger partial charge in [0, 0.05) is 11.4 Å². The minimum atomic E-state index is -1.11. The number of nitrogens with one attached hydrogen (secondary N) is 1. The van der Waals surface area contributed by atoms with E-state index in [4.69, 9.17) is 22.1 Å². The van der Waals surface area contributed by atoms with E-state index in [0.29, 0.717) is 17.0 Å². The van der Waals surface area contributed by atoms with Gasteiger partial charge in [0.1, 0.15) is 5.75 Å². The Balaban J connectivity index is 2.04. The van der Waals surface area contributed by atoms with Crippen molar-refractivity contribution in [2.45, 2.75) is 12.0 Å². The van der Waals surface area contributed by atoms with Crippen molar-refractivity contribution in [2.24, 2.45) is 10.7 Å². The molecule has 0 fully saturated rings. The number of aliphatic imine (C=N–C) groups is 1. The first-order chi connectivity index (χ1) is 11.0. The van der Waals surface area contributed by atoms with Crippen LogP contribution >= 0.6 is 11.6 Å². The molecule has 3 rings (SSSR count). The molecule has 0 aromatic heterocycles. The number of hydrogen-bond donors (Lipinski definition) is 2. The third-order valence-electron chi connectivity index (χ3n) is 3.85. The molecule has 0 radical (unpaired) electrons. The van der Waals surface area contributed by atoms with Gasteiger partial charge in [0.15, 0.2) is 11.5 Å². The number of carbonyl (C=O) groups is 1. The van der Waals surface area contributed by atoms with Gasteiger partial charge in [-0.3, -0.25) is 10.1 Å². The second kappa shape index (κ2) is 5.93. The average molecular weight is 330 g/mol. The highest BCUT2D eigenvalue weighted by Gasteiger charge is 2.45. The predicted molar refractivity (Wildman–Crippen MR) is 89.6 cm³/mol. The summed E-state index contributed by atoms with van der Waals surface area (Å²) >= 11 is 6.08. The SMILES string of the molecule is COc1ccc(C[C@@]2(c3cccc(Cl)c3)N=C(N)NC2=O)cc1. The summed E-state index contributed by atoms with van der Waals surface area (Å²) in [5, 5.41) is 3.14. The Hall–Kier alpha value is -2.53. The molecule has 0 bridgehead atoms. The van der Waals surface area contributed by atoms with Crippen LogP contribution < -0.4 is 15.8 Å². The number of ether oxygens (including phenoxy) is 1. The van der Waals surface area contributed by atoms with Crippen molar-refractivity contribution in [3.05, 3.63) is 64.7 Å². The largest absolute Gasteiger partial charge is 0.497 e. The molecule has 1 heterocycles. The van der Waals surface area contributed by atoms with Gasteiger partial charge in [-0.05, 0) is 35.4 Å². The van der Waals surface area contributed by atoms with Gasteiger partial charge in [0.05, 0.1) is 7.11 Å². The van der Waals surface area contributed by atoms with Crippen LogP contribution in [-0.4, -0.2) is 19.0 Å². The number of nitrogens with zero attached hydrogens (tertiary/aromatic N) is 1. The quantitative estimate of drug-likeness (QED) is 0.903. The summed E-state index contributed by atoms with van der Waals surface area (Å²) in [6, 6.07) is 14.6. The average Bonchev–Trinajstić information content (AvgIpc) is 2.83. The standard InChI is InChI=1S/C17H16ClN3O2/c1-23-14-7-5-11(6-8-14)10-17(15(22)20-16(19)21-17)12-3-2-4-13(18)9-12/h2-9H,10H2,1H3,(H3,19,20,21,22)/t17-/m0/s1. The van der Waals surface area contributed by atoms with E-state index in [1.165, 1.54) is 0 Å². The molecule has 1 amide bonds. The zero-order chi connectivity index (χ0) is 16.4. The summed E-state index contributed by atoms with van der Waals surface area (Å²) in [5.74, 6) is 0.612. The zero-order valence-corrected chi connectivity index (χ0v) is 13.3. The Kier molecular flexibility index (Phi) is 3.96. The first-order valence-electron chi connectivity index (χ1n) is 7.09. The molecule has 0 saturated heterocycles. The van der Waals surface area contributed by atoms with E-state index in [-0.39, 0.29) is 11.9 Å². The number of hydrogen-bond acceptors (Lipinski definition) is 4. The van der Waals surface area contributed by atoms with E-state index in [2.05, 4.69) is 10.3 Å². The molecule has 0 aliphatic carbocycles. The van der Waals surface area contributed by atoms with Crippen molar-refractivity contribution in [2.75, 3.05) is 7.11 Å². The fourth-order valence-corrected chi connectivity index (χ4v) is 2.90. The van der Waals surface area contributed by atoms with Gasteiger partial charge in [-0.1, -0.05) is 35.9 Å². The molecular weight excluding hydrogens is 314 g/mol. The molecule has 0 saturated carbocycles. The minimum absolute atomic E-state index is 0.114. The Bertz CT molecular complexity index is 774. The van der Waals surface area contributed by atoms with Crippen LogP contribution in [0.15, 0.2) is 53.5 Å². The van der Waals surface area contributed by atoms with Gasteiger partial charge >= 0.3 is 0 Å². The molecule has 118 valence electrons. The van der Waals surface area contributed by atoms with Crippen LogP contribution in [0.4, 0.5) is 0 Å². The van der Waals surface area contributed by atoms with Crippen LogP contribution in [0, 0.1) is 0 Å². The molecule has 5 nitrogen and oxygen atoms in total.